The summed E-state index contributed by atoms with van der Waals surface area (Å²) in [5.74, 6) is -0.789. The van der Waals surface area contributed by atoms with Gasteiger partial charge >= 0.3 is 0 Å². The molecule has 2 aromatic carbocycles. The molecule has 2 saturated heterocycles. The van der Waals surface area contributed by atoms with Gasteiger partial charge in [0.1, 0.15) is 18.1 Å². The van der Waals surface area contributed by atoms with E-state index >= 15 is 0 Å². The second-order valence-electron chi connectivity index (χ2n) is 10.9. The summed E-state index contributed by atoms with van der Waals surface area (Å²) >= 11 is 0. The van der Waals surface area contributed by atoms with E-state index in [0.29, 0.717) is 44.2 Å². The van der Waals surface area contributed by atoms with E-state index in [1.807, 2.05) is 31.2 Å². The molecule has 7 heteroatoms. The number of hydrogen-bond acceptors (Lipinski definition) is 6. The molecule has 38 heavy (non-hydrogen) atoms. The summed E-state index contributed by atoms with van der Waals surface area (Å²) in [7, 11) is 0. The van der Waals surface area contributed by atoms with Crippen molar-refractivity contribution < 1.29 is 24.2 Å². The first-order valence-electron chi connectivity index (χ1n) is 13.2. The molecule has 0 bridgehead atoms. The van der Waals surface area contributed by atoms with Crippen LogP contribution in [-0.4, -0.2) is 72.6 Å². The molecule has 0 spiro atoms. The number of aliphatic hydroxyl groups excluding tert-OH is 1. The predicted molar refractivity (Wildman–Crippen MR) is 148 cm³/mol. The molecule has 0 aliphatic carbocycles. The molecule has 2 aliphatic rings. The molecule has 202 valence electrons. The number of carbonyl (C=O) groups excluding carboxylic acids is 2. The van der Waals surface area contributed by atoms with Crippen molar-refractivity contribution in [3.8, 4) is 5.75 Å². The van der Waals surface area contributed by atoms with Crippen molar-refractivity contribution in [1.29, 1.82) is 0 Å². The van der Waals surface area contributed by atoms with Gasteiger partial charge in [0.25, 0.3) is 11.7 Å². The van der Waals surface area contributed by atoms with E-state index in [1.54, 1.807) is 29.2 Å². The first kappa shape index (κ1) is 27.6. The van der Waals surface area contributed by atoms with Crippen molar-refractivity contribution in [3.05, 3.63) is 82.9 Å². The van der Waals surface area contributed by atoms with Crippen molar-refractivity contribution in [3.63, 3.8) is 0 Å². The number of carbonyl (C=O) groups is 2. The molecule has 0 radical (unpaired) electrons. The monoisotopic (exact) mass is 518 g/mol. The SMILES string of the molecule is C=CCOc1ccc(/C(O)=C2/C(=O)C(=O)N(CCN3CCOCC3)C2c2ccc(C(C)(C)C)cc2)c(C)c1. The minimum absolute atomic E-state index is 0.0385. The zero-order valence-corrected chi connectivity index (χ0v) is 22.8. The summed E-state index contributed by atoms with van der Waals surface area (Å²) in [5.41, 5.74) is 3.26. The van der Waals surface area contributed by atoms with Gasteiger partial charge in [-0.3, -0.25) is 14.5 Å². The lowest BCUT2D eigenvalue weighted by Gasteiger charge is -2.31. The third-order valence-corrected chi connectivity index (χ3v) is 7.21. The number of aryl methyl sites for hydroxylation is 1. The Kier molecular flexibility index (Phi) is 8.38. The molecule has 2 aliphatic heterocycles. The fraction of sp³-hybridized carbons (Fsp3) is 0.419. The zero-order valence-electron chi connectivity index (χ0n) is 22.8. The maximum Gasteiger partial charge on any atom is 0.295 e. The molecule has 1 N–H and O–H groups in total. The van der Waals surface area contributed by atoms with Crippen molar-refractivity contribution >= 4 is 17.4 Å². The van der Waals surface area contributed by atoms with Gasteiger partial charge in [-0.15, -0.1) is 0 Å². The number of nitrogens with zero attached hydrogens (tertiary/aromatic N) is 2. The van der Waals surface area contributed by atoms with Crippen LogP contribution in [0.25, 0.3) is 5.76 Å². The molecule has 2 aromatic rings. The fourth-order valence-electron chi connectivity index (χ4n) is 4.99. The molecular formula is C31H38N2O5. The molecule has 2 fully saturated rings. The molecule has 1 amide bonds. The van der Waals surface area contributed by atoms with Gasteiger partial charge in [-0.05, 0) is 47.2 Å². The maximum absolute atomic E-state index is 13.4. The van der Waals surface area contributed by atoms with Crippen LogP contribution in [0.5, 0.6) is 5.75 Å². The number of ether oxygens (including phenoxy) is 2. The van der Waals surface area contributed by atoms with Gasteiger partial charge in [0.2, 0.25) is 0 Å². The number of benzene rings is 2. The van der Waals surface area contributed by atoms with Crippen molar-refractivity contribution in [2.75, 3.05) is 46.0 Å². The van der Waals surface area contributed by atoms with Gasteiger partial charge in [0, 0.05) is 31.7 Å². The van der Waals surface area contributed by atoms with Gasteiger partial charge in [0.15, 0.2) is 0 Å². The summed E-state index contributed by atoms with van der Waals surface area (Å²) < 4.78 is 11.1. The Bertz CT molecular complexity index is 1220. The summed E-state index contributed by atoms with van der Waals surface area (Å²) in [6.45, 7) is 16.2. The summed E-state index contributed by atoms with van der Waals surface area (Å²) in [6, 6.07) is 12.6. The Morgan fingerprint density at radius 3 is 2.39 bits per heavy atom. The lowest BCUT2D eigenvalue weighted by molar-refractivity contribution is -0.140. The predicted octanol–water partition coefficient (Wildman–Crippen LogP) is 4.61. The minimum atomic E-state index is -0.679. The van der Waals surface area contributed by atoms with Gasteiger partial charge in [-0.2, -0.15) is 0 Å². The fourth-order valence-corrected chi connectivity index (χ4v) is 4.99. The number of morpholine rings is 1. The van der Waals surface area contributed by atoms with Crippen molar-refractivity contribution in [2.24, 2.45) is 0 Å². The highest BCUT2D eigenvalue weighted by Gasteiger charge is 2.46. The largest absolute Gasteiger partial charge is 0.507 e. The Hall–Kier alpha value is -3.42. The molecule has 1 unspecified atom stereocenters. The van der Waals surface area contributed by atoms with Crippen LogP contribution in [0.4, 0.5) is 0 Å². The lowest BCUT2D eigenvalue weighted by atomic mass is 9.85. The van der Waals surface area contributed by atoms with E-state index in [1.165, 1.54) is 0 Å². The zero-order chi connectivity index (χ0) is 27.4. The highest BCUT2D eigenvalue weighted by Crippen LogP contribution is 2.40. The average molecular weight is 519 g/mol. The smallest absolute Gasteiger partial charge is 0.295 e. The number of ketones is 1. The van der Waals surface area contributed by atoms with E-state index in [-0.39, 0.29) is 16.7 Å². The Morgan fingerprint density at radius 2 is 1.79 bits per heavy atom. The number of rotatable bonds is 8. The molecule has 2 heterocycles. The standard InChI is InChI=1S/C31H38N2O5/c1-6-17-38-24-11-12-25(21(2)20-24)28(34)26-27(22-7-9-23(10-8-22)31(3,4)5)33(30(36)29(26)35)14-13-32-15-18-37-19-16-32/h6-12,20,27,34H,1,13-19H2,2-5H3/b28-26-. The van der Waals surface area contributed by atoms with Gasteiger partial charge in [-0.1, -0.05) is 57.7 Å². The van der Waals surface area contributed by atoms with E-state index in [4.69, 9.17) is 9.47 Å². The van der Waals surface area contributed by atoms with Crippen LogP contribution in [0.2, 0.25) is 0 Å². The van der Waals surface area contributed by atoms with Crippen LogP contribution in [0.3, 0.4) is 0 Å². The Labute approximate surface area is 225 Å². The number of hydrogen-bond donors (Lipinski definition) is 1. The number of Topliss-reactive ketones (excluding diaryl/α,β-unsaturated/α-hetero) is 1. The van der Waals surface area contributed by atoms with Crippen LogP contribution in [0.15, 0.2) is 60.7 Å². The molecule has 0 saturated carbocycles. The van der Waals surface area contributed by atoms with Crippen LogP contribution in [0, 0.1) is 6.92 Å². The number of aliphatic hydroxyl groups is 1. The summed E-state index contributed by atoms with van der Waals surface area (Å²) in [5, 5.41) is 11.5. The number of likely N-dealkylation sites (tertiary alicyclic amines) is 1. The first-order chi connectivity index (χ1) is 18.1. The second-order valence-corrected chi connectivity index (χ2v) is 10.9. The van der Waals surface area contributed by atoms with E-state index in [0.717, 1.165) is 29.8 Å². The van der Waals surface area contributed by atoms with Crippen LogP contribution in [0.1, 0.15) is 49.1 Å². The number of amides is 1. The van der Waals surface area contributed by atoms with E-state index < -0.39 is 17.7 Å². The molecule has 4 rings (SSSR count). The van der Waals surface area contributed by atoms with Gasteiger partial charge in [0.05, 0.1) is 24.8 Å². The lowest BCUT2D eigenvalue weighted by Crippen LogP contribution is -2.42. The highest BCUT2D eigenvalue weighted by atomic mass is 16.5. The topological polar surface area (TPSA) is 79.3 Å². The van der Waals surface area contributed by atoms with Gasteiger partial charge in [-0.25, -0.2) is 0 Å². The van der Waals surface area contributed by atoms with Crippen LogP contribution >= 0.6 is 0 Å². The summed E-state index contributed by atoms with van der Waals surface area (Å²) in [4.78, 5) is 30.6. The van der Waals surface area contributed by atoms with E-state index in [9.17, 15) is 14.7 Å². The maximum atomic E-state index is 13.4. The third kappa shape index (κ3) is 5.84. The highest BCUT2D eigenvalue weighted by molar-refractivity contribution is 6.46. The van der Waals surface area contributed by atoms with Crippen molar-refractivity contribution in [2.45, 2.75) is 39.2 Å². The third-order valence-electron chi connectivity index (χ3n) is 7.21. The van der Waals surface area contributed by atoms with Gasteiger partial charge < -0.3 is 19.5 Å². The first-order valence-corrected chi connectivity index (χ1v) is 13.2. The minimum Gasteiger partial charge on any atom is -0.507 e. The van der Waals surface area contributed by atoms with Crippen LogP contribution in [-0.2, 0) is 19.7 Å². The second kappa shape index (κ2) is 11.5. The van der Waals surface area contributed by atoms with Crippen molar-refractivity contribution in [1.82, 2.24) is 9.80 Å². The molecule has 7 nitrogen and oxygen atoms in total. The van der Waals surface area contributed by atoms with Crippen LogP contribution < -0.4 is 4.74 Å². The van der Waals surface area contributed by atoms with E-state index in [2.05, 4.69) is 32.3 Å². The molecular weight excluding hydrogens is 480 g/mol. The summed E-state index contributed by atoms with van der Waals surface area (Å²) in [6.07, 6.45) is 1.66. The Morgan fingerprint density at radius 1 is 1.11 bits per heavy atom. The quantitative estimate of drug-likeness (QED) is 0.238. The molecule has 1 atom stereocenters. The Balaban J connectivity index is 1.75. The molecule has 0 aromatic heterocycles. The average Bonchev–Trinajstić information content (AvgIpc) is 3.15. The normalized spacial score (nSPS) is 20.1.